The average molecular weight is 237 g/mol. The zero-order valence-corrected chi connectivity index (χ0v) is 10.6. The van der Waals surface area contributed by atoms with Gasteiger partial charge in [0.15, 0.2) is 0 Å². The fourth-order valence-corrected chi connectivity index (χ4v) is 1.84. The number of carbonyl (C=O) groups excluding carboxylic acids is 2. The third kappa shape index (κ3) is 2.27. The lowest BCUT2D eigenvalue weighted by molar-refractivity contribution is 0.0595. The highest BCUT2D eigenvalue weighted by molar-refractivity contribution is 5.99. The first kappa shape index (κ1) is 13.2. The first-order chi connectivity index (χ1) is 7.93. The quantitative estimate of drug-likeness (QED) is 0.730. The van der Waals surface area contributed by atoms with Crippen molar-refractivity contribution >= 4 is 11.9 Å². The summed E-state index contributed by atoms with van der Waals surface area (Å²) in [6.45, 7) is 5.08. The van der Waals surface area contributed by atoms with Crippen molar-refractivity contribution in [1.29, 1.82) is 0 Å². The van der Waals surface area contributed by atoms with Crippen LogP contribution < -0.4 is 0 Å². The van der Waals surface area contributed by atoms with E-state index in [9.17, 15) is 9.59 Å². The van der Waals surface area contributed by atoms with Gasteiger partial charge in [0.1, 0.15) is 0 Å². The number of ether oxygens (including phenoxy) is 2. The maximum atomic E-state index is 11.6. The van der Waals surface area contributed by atoms with Gasteiger partial charge in [-0.3, -0.25) is 4.98 Å². The molecule has 5 nitrogen and oxygen atoms in total. The van der Waals surface area contributed by atoms with Crippen LogP contribution in [0.4, 0.5) is 0 Å². The molecule has 0 aromatic carbocycles. The summed E-state index contributed by atoms with van der Waals surface area (Å²) in [5.41, 5.74) is 2.25. The summed E-state index contributed by atoms with van der Waals surface area (Å²) in [4.78, 5) is 27.4. The Morgan fingerprint density at radius 3 is 1.53 bits per heavy atom. The predicted octanol–water partition coefficient (Wildman–Crippen LogP) is 1.58. The highest BCUT2D eigenvalue weighted by Gasteiger charge is 2.23. The second kappa shape index (κ2) is 4.95. The number of aromatic nitrogens is 1. The van der Waals surface area contributed by atoms with Crippen LogP contribution in [0.15, 0.2) is 0 Å². The largest absolute Gasteiger partial charge is 0.465 e. The topological polar surface area (TPSA) is 65.5 Å². The highest BCUT2D eigenvalue weighted by Crippen LogP contribution is 2.21. The van der Waals surface area contributed by atoms with E-state index in [-0.39, 0.29) is 0 Å². The molecule has 0 saturated carbocycles. The SMILES string of the molecule is COC(=O)c1c(C)nc(C)c(C(=O)OC)c1C. The molecule has 1 aromatic heterocycles. The van der Waals surface area contributed by atoms with E-state index >= 15 is 0 Å². The van der Waals surface area contributed by atoms with Gasteiger partial charge < -0.3 is 9.47 Å². The molecule has 0 N–H and O–H groups in total. The van der Waals surface area contributed by atoms with Crippen LogP contribution in [-0.4, -0.2) is 31.1 Å². The molecular formula is C12H15NO4. The van der Waals surface area contributed by atoms with Crippen molar-refractivity contribution in [1.82, 2.24) is 4.98 Å². The molecule has 0 amide bonds. The van der Waals surface area contributed by atoms with Gasteiger partial charge in [-0.15, -0.1) is 0 Å². The lowest BCUT2D eigenvalue weighted by atomic mass is 10.00. The Balaban J connectivity index is 3.54. The van der Waals surface area contributed by atoms with Gasteiger partial charge in [-0.05, 0) is 26.3 Å². The summed E-state index contributed by atoms with van der Waals surface area (Å²) in [6, 6.07) is 0. The summed E-state index contributed by atoms with van der Waals surface area (Å²) in [5.74, 6) is -1.00. The molecule has 0 radical (unpaired) electrons. The molecular weight excluding hydrogens is 222 g/mol. The molecule has 0 unspecified atom stereocenters. The second-order valence-corrected chi connectivity index (χ2v) is 3.64. The highest BCUT2D eigenvalue weighted by atomic mass is 16.5. The van der Waals surface area contributed by atoms with Crippen molar-refractivity contribution < 1.29 is 19.1 Å². The van der Waals surface area contributed by atoms with Gasteiger partial charge in [-0.25, -0.2) is 9.59 Å². The number of carbonyl (C=O) groups is 2. The Labute approximate surface area is 99.8 Å². The lowest BCUT2D eigenvalue weighted by Crippen LogP contribution is -2.16. The van der Waals surface area contributed by atoms with Crippen LogP contribution in [0.25, 0.3) is 0 Å². The predicted molar refractivity (Wildman–Crippen MR) is 61.1 cm³/mol. The first-order valence-electron chi connectivity index (χ1n) is 5.08. The smallest absolute Gasteiger partial charge is 0.340 e. The number of hydrogen-bond donors (Lipinski definition) is 0. The van der Waals surface area contributed by atoms with Crippen LogP contribution in [0.2, 0.25) is 0 Å². The second-order valence-electron chi connectivity index (χ2n) is 3.64. The number of methoxy groups -OCH3 is 2. The Morgan fingerprint density at radius 1 is 0.882 bits per heavy atom. The molecule has 1 rings (SSSR count). The van der Waals surface area contributed by atoms with Crippen molar-refractivity contribution in [2.24, 2.45) is 0 Å². The molecule has 92 valence electrons. The molecule has 0 aliphatic heterocycles. The molecule has 0 atom stereocenters. The minimum absolute atomic E-state index is 0.318. The summed E-state index contributed by atoms with van der Waals surface area (Å²) in [7, 11) is 2.58. The fraction of sp³-hybridized carbons (Fsp3) is 0.417. The van der Waals surface area contributed by atoms with Crippen LogP contribution in [0.5, 0.6) is 0 Å². The van der Waals surface area contributed by atoms with Crippen LogP contribution in [0.1, 0.15) is 37.7 Å². The average Bonchev–Trinajstić information content (AvgIpc) is 2.27. The van der Waals surface area contributed by atoms with Crippen molar-refractivity contribution in [3.63, 3.8) is 0 Å². The molecule has 17 heavy (non-hydrogen) atoms. The normalized spacial score (nSPS) is 9.94. The van der Waals surface area contributed by atoms with Crippen molar-refractivity contribution in [3.05, 3.63) is 28.1 Å². The van der Waals surface area contributed by atoms with Crippen molar-refractivity contribution in [3.8, 4) is 0 Å². The Bertz CT molecular complexity index is 440. The molecule has 0 saturated heterocycles. The first-order valence-corrected chi connectivity index (χ1v) is 5.08. The number of aryl methyl sites for hydroxylation is 2. The lowest BCUT2D eigenvalue weighted by Gasteiger charge is -2.13. The zero-order valence-electron chi connectivity index (χ0n) is 10.6. The van der Waals surface area contributed by atoms with E-state index in [0.717, 1.165) is 0 Å². The number of esters is 2. The fourth-order valence-electron chi connectivity index (χ4n) is 1.84. The Kier molecular flexibility index (Phi) is 3.83. The maximum Gasteiger partial charge on any atom is 0.340 e. The number of nitrogens with zero attached hydrogens (tertiary/aromatic N) is 1. The maximum absolute atomic E-state index is 11.6. The minimum Gasteiger partial charge on any atom is -0.465 e. The summed E-state index contributed by atoms with van der Waals surface area (Å²) in [6.07, 6.45) is 0. The Morgan fingerprint density at radius 2 is 1.24 bits per heavy atom. The molecule has 1 heterocycles. The number of pyridine rings is 1. The molecule has 0 fully saturated rings. The van der Waals surface area contributed by atoms with E-state index in [2.05, 4.69) is 14.5 Å². The van der Waals surface area contributed by atoms with Gasteiger partial charge in [-0.2, -0.15) is 0 Å². The monoisotopic (exact) mass is 237 g/mol. The standard InChI is InChI=1S/C12H15NO4/c1-6-9(11(14)16-4)7(2)13-8(3)10(6)12(15)17-5/h1-5H3. The van der Waals surface area contributed by atoms with Gasteiger partial charge in [0.05, 0.1) is 36.7 Å². The number of rotatable bonds is 2. The van der Waals surface area contributed by atoms with E-state index in [1.807, 2.05) is 0 Å². The van der Waals surface area contributed by atoms with Crippen LogP contribution in [0, 0.1) is 20.8 Å². The van der Waals surface area contributed by atoms with Crippen LogP contribution in [0.3, 0.4) is 0 Å². The molecule has 1 aromatic rings. The van der Waals surface area contributed by atoms with E-state index < -0.39 is 11.9 Å². The molecule has 0 bridgehead atoms. The zero-order chi connectivity index (χ0) is 13.2. The third-order valence-corrected chi connectivity index (χ3v) is 2.59. The molecule has 0 aliphatic carbocycles. The number of hydrogen-bond acceptors (Lipinski definition) is 5. The van der Waals surface area contributed by atoms with E-state index in [4.69, 9.17) is 0 Å². The van der Waals surface area contributed by atoms with Gasteiger partial charge in [0, 0.05) is 0 Å². The van der Waals surface area contributed by atoms with Gasteiger partial charge >= 0.3 is 11.9 Å². The van der Waals surface area contributed by atoms with Crippen LogP contribution in [-0.2, 0) is 9.47 Å². The van der Waals surface area contributed by atoms with Gasteiger partial charge in [-0.1, -0.05) is 0 Å². The summed E-state index contributed by atoms with van der Waals surface area (Å²) in [5, 5.41) is 0. The summed E-state index contributed by atoms with van der Waals surface area (Å²) < 4.78 is 9.35. The third-order valence-electron chi connectivity index (χ3n) is 2.59. The van der Waals surface area contributed by atoms with E-state index in [1.165, 1.54) is 14.2 Å². The van der Waals surface area contributed by atoms with Crippen molar-refractivity contribution in [2.75, 3.05) is 14.2 Å². The molecule has 0 spiro atoms. The molecule has 0 aliphatic rings. The van der Waals surface area contributed by atoms with Gasteiger partial charge in [0.25, 0.3) is 0 Å². The van der Waals surface area contributed by atoms with Gasteiger partial charge in [0.2, 0.25) is 0 Å². The van der Waals surface area contributed by atoms with Crippen molar-refractivity contribution in [2.45, 2.75) is 20.8 Å². The van der Waals surface area contributed by atoms with Crippen LogP contribution >= 0.6 is 0 Å². The molecule has 5 heteroatoms. The summed E-state index contributed by atoms with van der Waals surface area (Å²) >= 11 is 0. The Hall–Kier alpha value is -1.91. The minimum atomic E-state index is -0.502. The van der Waals surface area contributed by atoms with E-state index in [0.29, 0.717) is 28.1 Å². The van der Waals surface area contributed by atoms with E-state index in [1.54, 1.807) is 20.8 Å².